The van der Waals surface area contributed by atoms with Crippen LogP contribution in [0.3, 0.4) is 0 Å². The van der Waals surface area contributed by atoms with E-state index in [9.17, 15) is 5.11 Å². The number of hydrogen-bond acceptors (Lipinski definition) is 3. The largest absolute Gasteiger partial charge is 0.854 e. The van der Waals surface area contributed by atoms with E-state index in [1.165, 1.54) is 0 Å². The zero-order valence-corrected chi connectivity index (χ0v) is 13.9. The molecule has 1 aromatic heterocycles. The van der Waals surface area contributed by atoms with E-state index in [1.54, 1.807) is 30.1 Å². The van der Waals surface area contributed by atoms with Crippen LogP contribution < -0.4 is 14.5 Å². The Labute approximate surface area is 147 Å². The molecule has 3 aromatic rings. The van der Waals surface area contributed by atoms with Crippen LogP contribution in [-0.4, -0.2) is 13.0 Å². The average Bonchev–Trinajstić information content (AvgIpc) is 2.68. The second-order valence-corrected chi connectivity index (χ2v) is 5.35. The van der Waals surface area contributed by atoms with Crippen molar-refractivity contribution in [2.75, 3.05) is 7.11 Å². The van der Waals surface area contributed by atoms with Crippen molar-refractivity contribution in [3.8, 4) is 5.75 Å². The normalized spacial score (nSPS) is 11.6. The second kappa shape index (κ2) is 7.93. The Balaban J connectivity index is 1.86. The van der Waals surface area contributed by atoms with Crippen LogP contribution >= 0.6 is 0 Å². The molecule has 0 unspecified atom stereocenters. The first-order valence-electron chi connectivity index (χ1n) is 7.90. The molecule has 0 atom stereocenters. The minimum Gasteiger partial charge on any atom is -0.854 e. The monoisotopic (exact) mass is 330 g/mol. The van der Waals surface area contributed by atoms with E-state index in [2.05, 4.69) is 5.10 Å². The molecule has 0 saturated carbocycles. The molecule has 0 aliphatic rings. The van der Waals surface area contributed by atoms with Crippen molar-refractivity contribution < 1.29 is 14.5 Å². The third kappa shape index (κ3) is 4.32. The predicted molar refractivity (Wildman–Crippen MR) is 96.9 cm³/mol. The first-order chi connectivity index (χ1) is 12.3. The van der Waals surface area contributed by atoms with Crippen molar-refractivity contribution in [3.63, 3.8) is 0 Å². The number of ether oxygens (including phenoxy) is 1. The highest BCUT2D eigenvalue weighted by Crippen LogP contribution is 2.13. The Morgan fingerprint density at radius 1 is 0.920 bits per heavy atom. The van der Waals surface area contributed by atoms with Gasteiger partial charge in [0, 0.05) is 18.2 Å². The van der Waals surface area contributed by atoms with Crippen LogP contribution in [0.2, 0.25) is 0 Å². The van der Waals surface area contributed by atoms with E-state index >= 15 is 0 Å². The first-order valence-corrected chi connectivity index (χ1v) is 7.90. The van der Waals surface area contributed by atoms with Crippen LogP contribution in [0, 0.1) is 0 Å². The molecule has 3 rings (SSSR count). The molecule has 2 aromatic carbocycles. The van der Waals surface area contributed by atoms with Gasteiger partial charge >= 0.3 is 0 Å². The van der Waals surface area contributed by atoms with Gasteiger partial charge in [-0.05, 0) is 40.5 Å². The topological polar surface area (TPSA) is 48.5 Å². The van der Waals surface area contributed by atoms with Gasteiger partial charge in [0.05, 0.1) is 13.0 Å². The van der Waals surface area contributed by atoms with Gasteiger partial charge in [0.1, 0.15) is 5.75 Å². The lowest BCUT2D eigenvalue weighted by Gasteiger charge is -2.06. The molecular formula is C21H18N2O2. The quantitative estimate of drug-likeness (QED) is 0.410. The van der Waals surface area contributed by atoms with Crippen LogP contribution in [0.25, 0.3) is 12.2 Å². The summed E-state index contributed by atoms with van der Waals surface area (Å²) in [6.07, 6.45) is 5.64. The van der Waals surface area contributed by atoms with E-state index < -0.39 is 0 Å². The Hall–Kier alpha value is -3.40. The maximum absolute atomic E-state index is 12.3. The van der Waals surface area contributed by atoms with Gasteiger partial charge in [0.25, 0.3) is 0 Å². The molecular weight excluding hydrogens is 312 g/mol. The molecule has 4 nitrogen and oxygen atoms in total. The summed E-state index contributed by atoms with van der Waals surface area (Å²) >= 11 is 0. The van der Waals surface area contributed by atoms with Crippen LogP contribution in [0.4, 0.5) is 0 Å². The van der Waals surface area contributed by atoms with Gasteiger partial charge in [-0.25, -0.2) is 0 Å². The number of benzene rings is 2. The summed E-state index contributed by atoms with van der Waals surface area (Å²) in [6, 6.07) is 22.4. The summed E-state index contributed by atoms with van der Waals surface area (Å²) in [4.78, 5) is 0. The third-order valence-electron chi connectivity index (χ3n) is 3.65. The first kappa shape index (κ1) is 16.5. The van der Waals surface area contributed by atoms with Crippen molar-refractivity contribution in [1.29, 1.82) is 0 Å². The molecule has 0 fully saturated rings. The van der Waals surface area contributed by atoms with Gasteiger partial charge in [-0.3, -0.25) is 0 Å². The maximum Gasteiger partial charge on any atom is 0.238 e. The molecule has 1 heterocycles. The zero-order valence-electron chi connectivity index (χ0n) is 13.9. The van der Waals surface area contributed by atoms with Gasteiger partial charge in [-0.2, -0.15) is 0 Å². The number of pyridine rings is 1. The van der Waals surface area contributed by atoms with Gasteiger partial charge in [-0.15, -0.1) is 0 Å². The molecule has 4 heteroatoms. The maximum atomic E-state index is 12.3. The van der Waals surface area contributed by atoms with Crippen molar-refractivity contribution in [2.45, 2.75) is 0 Å². The van der Waals surface area contributed by atoms with Gasteiger partial charge in [0.15, 0.2) is 0 Å². The van der Waals surface area contributed by atoms with Gasteiger partial charge in [-0.1, -0.05) is 47.1 Å². The summed E-state index contributed by atoms with van der Waals surface area (Å²) < 4.78 is 6.73. The molecule has 0 amide bonds. The Kier molecular flexibility index (Phi) is 5.22. The summed E-state index contributed by atoms with van der Waals surface area (Å²) in [5.41, 5.74) is 2.40. The number of rotatable bonds is 5. The molecule has 0 aliphatic heterocycles. The van der Waals surface area contributed by atoms with Crippen LogP contribution in [0.5, 0.6) is 5.75 Å². The SMILES string of the molecule is COc1ccc(/C=C/c2cccc[n+]2/N=C(\[O-])c2ccccc2)cc1. The summed E-state index contributed by atoms with van der Waals surface area (Å²) in [5, 5.41) is 16.5. The highest BCUT2D eigenvalue weighted by atomic mass is 16.5. The highest BCUT2D eigenvalue weighted by Gasteiger charge is 2.06. The molecule has 0 radical (unpaired) electrons. The molecule has 124 valence electrons. The molecule has 0 aliphatic carbocycles. The highest BCUT2D eigenvalue weighted by molar-refractivity contribution is 5.89. The average molecular weight is 330 g/mol. The van der Waals surface area contributed by atoms with E-state index in [0.717, 1.165) is 17.0 Å². The van der Waals surface area contributed by atoms with Crippen LogP contribution in [0.15, 0.2) is 84.1 Å². The smallest absolute Gasteiger partial charge is 0.238 e. The predicted octanol–water partition coefficient (Wildman–Crippen LogP) is 2.72. The fourth-order valence-corrected chi connectivity index (χ4v) is 2.30. The Bertz CT molecular complexity index is 885. The molecule has 25 heavy (non-hydrogen) atoms. The Morgan fingerprint density at radius 3 is 2.36 bits per heavy atom. The van der Waals surface area contributed by atoms with Crippen molar-refractivity contribution in [2.24, 2.45) is 5.10 Å². The summed E-state index contributed by atoms with van der Waals surface area (Å²) in [7, 11) is 1.64. The van der Waals surface area contributed by atoms with E-state index in [1.807, 2.05) is 72.8 Å². The van der Waals surface area contributed by atoms with Crippen molar-refractivity contribution in [1.82, 2.24) is 0 Å². The number of aromatic nitrogens is 1. The zero-order chi connectivity index (χ0) is 17.5. The molecule has 0 saturated heterocycles. The fourth-order valence-electron chi connectivity index (χ4n) is 2.30. The molecule has 0 spiro atoms. The minimum atomic E-state index is -0.282. The van der Waals surface area contributed by atoms with E-state index in [-0.39, 0.29) is 5.90 Å². The number of nitrogens with zero attached hydrogens (tertiary/aromatic N) is 2. The second-order valence-electron chi connectivity index (χ2n) is 5.35. The third-order valence-corrected chi connectivity index (χ3v) is 3.65. The van der Waals surface area contributed by atoms with Crippen LogP contribution in [-0.2, 0) is 0 Å². The number of hydrogen-bond donors (Lipinski definition) is 0. The van der Waals surface area contributed by atoms with Crippen LogP contribution in [0.1, 0.15) is 16.8 Å². The van der Waals surface area contributed by atoms with Gasteiger partial charge < -0.3 is 9.84 Å². The molecule has 0 bridgehead atoms. The molecule has 0 N–H and O–H groups in total. The van der Waals surface area contributed by atoms with Gasteiger partial charge in [0.2, 0.25) is 11.9 Å². The van der Waals surface area contributed by atoms with E-state index in [4.69, 9.17) is 4.74 Å². The minimum absolute atomic E-state index is 0.282. The lowest BCUT2D eigenvalue weighted by atomic mass is 10.2. The standard InChI is InChI=1S/C21H18N2O2/c1-25-20-14-11-17(12-15-20)10-13-19-9-5-6-16-23(19)22-21(24)18-7-3-2-4-8-18/h2-16H,1H3/b13-10+. The van der Waals surface area contributed by atoms with Crippen molar-refractivity contribution >= 4 is 18.0 Å². The van der Waals surface area contributed by atoms with Crippen molar-refractivity contribution in [3.05, 3.63) is 95.8 Å². The summed E-state index contributed by atoms with van der Waals surface area (Å²) in [6.45, 7) is 0. The fraction of sp³-hybridized carbons (Fsp3) is 0.0476. The Morgan fingerprint density at radius 2 is 1.64 bits per heavy atom. The van der Waals surface area contributed by atoms with E-state index in [0.29, 0.717) is 5.56 Å². The lowest BCUT2D eigenvalue weighted by Crippen LogP contribution is -2.36. The number of methoxy groups -OCH3 is 1. The lowest BCUT2D eigenvalue weighted by molar-refractivity contribution is -0.683. The summed E-state index contributed by atoms with van der Waals surface area (Å²) in [5.74, 6) is 0.534.